The van der Waals surface area contributed by atoms with Crippen LogP contribution in [0.15, 0.2) is 53.5 Å². The maximum absolute atomic E-state index is 12.2. The van der Waals surface area contributed by atoms with Crippen LogP contribution in [0.25, 0.3) is 0 Å². The Kier molecular flexibility index (Phi) is 14.2. The molecule has 6 N–H and O–H groups in total. The van der Waals surface area contributed by atoms with E-state index in [-0.39, 0.29) is 11.9 Å². The van der Waals surface area contributed by atoms with Crippen molar-refractivity contribution in [2.45, 2.75) is 32.0 Å². The van der Waals surface area contributed by atoms with Crippen LogP contribution in [0.1, 0.15) is 24.0 Å². The van der Waals surface area contributed by atoms with Crippen LogP contribution in [-0.4, -0.2) is 54.0 Å². The highest BCUT2D eigenvalue weighted by Crippen LogP contribution is 2.17. The van der Waals surface area contributed by atoms with E-state index in [9.17, 15) is 18.0 Å². The fourth-order valence-corrected chi connectivity index (χ4v) is 3.41. The predicted octanol–water partition coefficient (Wildman–Crippen LogP) is 4.34. The van der Waals surface area contributed by atoms with Gasteiger partial charge in [-0.05, 0) is 48.2 Å². The average Bonchev–Trinajstić information content (AvgIpc) is 2.84. The van der Waals surface area contributed by atoms with E-state index < -0.39 is 12.1 Å². The molecule has 8 nitrogen and oxygen atoms in total. The fraction of sp³-hybridized carbons (Fsp3) is 0.375. The summed E-state index contributed by atoms with van der Waals surface area (Å²) in [4.78, 5) is 27.2. The maximum atomic E-state index is 12.2. The van der Waals surface area contributed by atoms with Gasteiger partial charge in [-0.3, -0.25) is 4.79 Å². The molecule has 2 aromatic rings. The molecule has 0 saturated heterocycles. The lowest BCUT2D eigenvalue weighted by Crippen LogP contribution is -2.27. The van der Waals surface area contributed by atoms with Gasteiger partial charge in [-0.2, -0.15) is 13.2 Å². The van der Waals surface area contributed by atoms with Gasteiger partial charge in [-0.1, -0.05) is 24.3 Å². The molecule has 0 saturated carbocycles. The van der Waals surface area contributed by atoms with Crippen molar-refractivity contribution in [3.8, 4) is 0 Å². The number of nitrogens with two attached hydrogens (primary N) is 2. The van der Waals surface area contributed by atoms with Crippen molar-refractivity contribution >= 4 is 52.4 Å². The van der Waals surface area contributed by atoms with E-state index in [1.807, 2.05) is 24.3 Å². The van der Waals surface area contributed by atoms with Gasteiger partial charge in [-0.25, -0.2) is 9.79 Å². The Labute approximate surface area is 223 Å². The summed E-state index contributed by atoms with van der Waals surface area (Å²) in [6, 6.07) is 15.8. The van der Waals surface area contributed by atoms with Crippen molar-refractivity contribution in [3.63, 3.8) is 0 Å². The largest absolute Gasteiger partial charge is 0.490 e. The second-order valence-electron chi connectivity index (χ2n) is 7.67. The number of carbonyl (C=O) groups excluding carboxylic acids is 1. The van der Waals surface area contributed by atoms with Gasteiger partial charge in [0.15, 0.2) is 5.96 Å². The summed E-state index contributed by atoms with van der Waals surface area (Å²) in [6.07, 6.45) is -3.00. The van der Waals surface area contributed by atoms with E-state index in [1.54, 1.807) is 0 Å². The Bertz CT molecular complexity index is 994. The number of hydrogen-bond acceptors (Lipinski definition) is 4. The number of amides is 1. The summed E-state index contributed by atoms with van der Waals surface area (Å²) in [6.45, 7) is 1.96. The number of anilines is 2. The van der Waals surface area contributed by atoms with Gasteiger partial charge in [0.1, 0.15) is 0 Å². The molecule has 2 aromatic carbocycles. The first-order chi connectivity index (χ1) is 17.5. The van der Waals surface area contributed by atoms with Crippen molar-refractivity contribution in [3.05, 3.63) is 59.7 Å². The van der Waals surface area contributed by atoms with Gasteiger partial charge in [-0.15, -0.1) is 23.2 Å². The molecular weight excluding hydrogens is 534 g/mol. The molecular formula is C24H30Cl2F3N5O3. The minimum atomic E-state index is -5.08. The number of carboxylic acids is 1. The van der Waals surface area contributed by atoms with E-state index in [0.717, 1.165) is 42.9 Å². The van der Waals surface area contributed by atoms with Gasteiger partial charge in [0.05, 0.1) is 6.54 Å². The molecule has 0 spiro atoms. The summed E-state index contributed by atoms with van der Waals surface area (Å²) in [5.74, 6) is -1.57. The molecule has 0 atom stereocenters. The fourth-order valence-electron chi connectivity index (χ4n) is 3.00. The zero-order valence-corrected chi connectivity index (χ0v) is 21.5. The zero-order valence-electron chi connectivity index (χ0n) is 20.0. The molecule has 204 valence electrons. The van der Waals surface area contributed by atoms with Gasteiger partial charge in [0, 0.05) is 42.6 Å². The molecule has 0 bridgehead atoms. The van der Waals surface area contributed by atoms with Crippen molar-refractivity contribution in [2.75, 3.05) is 35.1 Å². The number of aliphatic carboxylic acids is 1. The first kappa shape index (κ1) is 31.8. The number of aryl methyl sites for hydroxylation is 1. The number of hydrogen-bond donors (Lipinski definition) is 4. The summed E-state index contributed by atoms with van der Waals surface area (Å²) in [7, 11) is 0. The Hall–Kier alpha value is -3.18. The Morgan fingerprint density at radius 1 is 0.946 bits per heavy atom. The Morgan fingerprint density at radius 2 is 1.46 bits per heavy atom. The number of alkyl halides is 5. The first-order valence-corrected chi connectivity index (χ1v) is 12.2. The summed E-state index contributed by atoms with van der Waals surface area (Å²) >= 11 is 11.7. The third-order valence-corrected chi connectivity index (χ3v) is 5.14. The number of rotatable bonds is 12. The predicted molar refractivity (Wildman–Crippen MR) is 141 cm³/mol. The lowest BCUT2D eigenvalue weighted by molar-refractivity contribution is -0.192. The molecule has 0 radical (unpaired) electrons. The highest BCUT2D eigenvalue weighted by Gasteiger charge is 2.38. The molecule has 0 heterocycles. The quantitative estimate of drug-likeness (QED) is 0.172. The minimum absolute atomic E-state index is 0.000932. The van der Waals surface area contributed by atoms with Crippen LogP contribution in [0.3, 0.4) is 0 Å². The molecule has 37 heavy (non-hydrogen) atoms. The highest BCUT2D eigenvalue weighted by molar-refractivity contribution is 6.18. The monoisotopic (exact) mass is 563 g/mol. The van der Waals surface area contributed by atoms with Gasteiger partial charge >= 0.3 is 12.1 Å². The van der Waals surface area contributed by atoms with Crippen LogP contribution < -0.4 is 21.7 Å². The van der Waals surface area contributed by atoms with E-state index in [4.69, 9.17) is 44.6 Å². The Balaban J connectivity index is 0.000000856. The number of aliphatic imine (C=N–C) groups is 1. The summed E-state index contributed by atoms with van der Waals surface area (Å²) in [5, 5.41) is 10.0. The standard InChI is InChI=1S/C22H29Cl2N5O.C2HF3O2/c23-12-14-29(15-13-24)20-10-6-17(7-11-20)2-1-3-21(30)28-19-8-4-18(5-9-19)16-27-22(25)26;3-2(4,5)1(6)7/h4-11H,1-3,12-16H2,(H,28,30)(H4,25,26,27);(H,6,7). The third kappa shape index (κ3) is 13.6. The highest BCUT2D eigenvalue weighted by atomic mass is 35.5. The number of benzene rings is 2. The molecule has 0 aliphatic carbocycles. The maximum Gasteiger partial charge on any atom is 0.490 e. The van der Waals surface area contributed by atoms with Crippen molar-refractivity contribution in [1.29, 1.82) is 0 Å². The van der Waals surface area contributed by atoms with Crippen molar-refractivity contribution in [1.82, 2.24) is 0 Å². The number of carboxylic acid groups (broad SMARTS) is 1. The second-order valence-corrected chi connectivity index (χ2v) is 8.43. The van der Waals surface area contributed by atoms with Crippen LogP contribution in [0.4, 0.5) is 24.5 Å². The molecule has 0 unspecified atom stereocenters. The number of nitrogens with one attached hydrogen (secondary N) is 1. The Morgan fingerprint density at radius 3 is 1.92 bits per heavy atom. The summed E-state index contributed by atoms with van der Waals surface area (Å²) < 4.78 is 31.7. The van der Waals surface area contributed by atoms with Crippen molar-refractivity contribution < 1.29 is 27.9 Å². The average molecular weight is 564 g/mol. The number of halogens is 5. The van der Waals surface area contributed by atoms with Crippen LogP contribution in [0, 0.1) is 0 Å². The molecule has 1 amide bonds. The smallest absolute Gasteiger partial charge is 0.475 e. The van der Waals surface area contributed by atoms with E-state index in [2.05, 4.69) is 39.5 Å². The molecule has 2 rings (SSSR count). The van der Waals surface area contributed by atoms with E-state index in [1.165, 1.54) is 5.56 Å². The minimum Gasteiger partial charge on any atom is -0.475 e. The number of guanidine groups is 1. The van der Waals surface area contributed by atoms with Crippen molar-refractivity contribution in [2.24, 2.45) is 16.5 Å². The van der Waals surface area contributed by atoms with Gasteiger partial charge in [0.2, 0.25) is 5.91 Å². The van der Waals surface area contributed by atoms with Crippen LogP contribution >= 0.6 is 23.2 Å². The van der Waals surface area contributed by atoms with Crippen LogP contribution in [0.2, 0.25) is 0 Å². The molecule has 0 aromatic heterocycles. The molecule has 0 aliphatic rings. The lowest BCUT2D eigenvalue weighted by atomic mass is 10.1. The van der Waals surface area contributed by atoms with Gasteiger partial charge < -0.3 is 26.8 Å². The van der Waals surface area contributed by atoms with Crippen LogP contribution in [-0.2, 0) is 22.6 Å². The van der Waals surface area contributed by atoms with E-state index in [0.29, 0.717) is 24.7 Å². The summed E-state index contributed by atoms with van der Waals surface area (Å²) in [5.41, 5.74) is 14.7. The number of nitrogens with zero attached hydrogens (tertiary/aromatic N) is 2. The first-order valence-electron chi connectivity index (χ1n) is 11.2. The van der Waals surface area contributed by atoms with Gasteiger partial charge in [0.25, 0.3) is 0 Å². The molecule has 0 aliphatic heterocycles. The van der Waals surface area contributed by atoms with Crippen LogP contribution in [0.5, 0.6) is 0 Å². The number of carbonyl (C=O) groups is 2. The normalized spacial score (nSPS) is 10.6. The SMILES string of the molecule is NC(N)=NCc1ccc(NC(=O)CCCc2ccc(N(CCCl)CCCl)cc2)cc1.O=C(O)C(F)(F)F. The van der Waals surface area contributed by atoms with E-state index >= 15 is 0 Å². The topological polar surface area (TPSA) is 134 Å². The lowest BCUT2D eigenvalue weighted by Gasteiger charge is -2.23. The zero-order chi connectivity index (χ0) is 27.8. The third-order valence-electron chi connectivity index (χ3n) is 4.80. The molecule has 13 heteroatoms. The second kappa shape index (κ2) is 16.5. The molecule has 0 fully saturated rings.